The predicted molar refractivity (Wildman–Crippen MR) is 77.3 cm³/mol. The first kappa shape index (κ1) is 15.9. The minimum atomic E-state index is -3.76. The van der Waals surface area contributed by atoms with Gasteiger partial charge in [-0.15, -0.1) is 0 Å². The maximum absolute atomic E-state index is 13.5. The molecule has 0 amide bonds. The minimum absolute atomic E-state index is 0.0398. The maximum Gasteiger partial charge on any atom is 0.240 e. The molecule has 0 saturated heterocycles. The molecule has 0 aliphatic heterocycles. The monoisotopic (exact) mass is 365 g/mol. The van der Waals surface area contributed by atoms with Gasteiger partial charge in [0.15, 0.2) is 0 Å². The highest BCUT2D eigenvalue weighted by atomic mass is 79.9. The number of nitrogens with one attached hydrogen (secondary N) is 1. The number of hydrogen-bond donors (Lipinski definition) is 2. The molecule has 20 heavy (non-hydrogen) atoms. The van der Waals surface area contributed by atoms with Gasteiger partial charge in [-0.1, -0.05) is 12.8 Å². The van der Waals surface area contributed by atoms with E-state index >= 15 is 0 Å². The second kappa shape index (κ2) is 6.51. The van der Waals surface area contributed by atoms with E-state index in [0.717, 1.165) is 25.3 Å². The van der Waals surface area contributed by atoms with Gasteiger partial charge < -0.3 is 5.11 Å². The van der Waals surface area contributed by atoms with Crippen LogP contribution < -0.4 is 4.72 Å². The van der Waals surface area contributed by atoms with Crippen LogP contribution in [0.25, 0.3) is 0 Å². The third-order valence-electron chi connectivity index (χ3n) is 3.65. The molecule has 2 rings (SSSR count). The van der Waals surface area contributed by atoms with Gasteiger partial charge in [-0.05, 0) is 52.9 Å². The fourth-order valence-corrected chi connectivity index (χ4v) is 4.09. The highest BCUT2D eigenvalue weighted by molar-refractivity contribution is 9.10. The SMILES string of the molecule is O=S(=O)(NC1CCCCC1CO)c1ccc(Br)c(F)c1. The zero-order valence-electron chi connectivity index (χ0n) is 10.9. The number of aliphatic hydroxyl groups is 1. The van der Waals surface area contributed by atoms with Crippen molar-refractivity contribution >= 4 is 26.0 Å². The Kier molecular flexibility index (Phi) is 5.17. The van der Waals surface area contributed by atoms with E-state index in [0.29, 0.717) is 6.42 Å². The lowest BCUT2D eigenvalue weighted by molar-refractivity contribution is 0.164. The molecule has 1 aromatic carbocycles. The number of halogens is 2. The van der Waals surface area contributed by atoms with E-state index < -0.39 is 15.8 Å². The number of aliphatic hydroxyl groups excluding tert-OH is 1. The first-order valence-corrected chi connectivity index (χ1v) is 8.80. The van der Waals surface area contributed by atoms with Crippen LogP contribution in [0.4, 0.5) is 4.39 Å². The Labute approximate surface area is 126 Å². The molecule has 7 heteroatoms. The molecule has 2 atom stereocenters. The van der Waals surface area contributed by atoms with Gasteiger partial charge >= 0.3 is 0 Å². The van der Waals surface area contributed by atoms with E-state index in [4.69, 9.17) is 0 Å². The molecular formula is C13H17BrFNO3S. The minimum Gasteiger partial charge on any atom is -0.396 e. The third-order valence-corrected chi connectivity index (χ3v) is 5.78. The Morgan fingerprint density at radius 2 is 2.05 bits per heavy atom. The molecule has 1 saturated carbocycles. The molecule has 0 heterocycles. The molecule has 0 bridgehead atoms. The molecule has 0 radical (unpaired) electrons. The zero-order chi connectivity index (χ0) is 14.8. The molecule has 1 aliphatic carbocycles. The lowest BCUT2D eigenvalue weighted by Crippen LogP contribution is -2.43. The summed E-state index contributed by atoms with van der Waals surface area (Å²) >= 11 is 2.99. The van der Waals surface area contributed by atoms with E-state index in [9.17, 15) is 17.9 Å². The second-order valence-electron chi connectivity index (χ2n) is 5.03. The van der Waals surface area contributed by atoms with Crippen LogP contribution in [0.5, 0.6) is 0 Å². The van der Waals surface area contributed by atoms with Crippen molar-refractivity contribution in [2.45, 2.75) is 36.6 Å². The number of benzene rings is 1. The molecule has 1 aliphatic rings. The summed E-state index contributed by atoms with van der Waals surface area (Å²) in [5, 5.41) is 9.31. The Morgan fingerprint density at radius 1 is 1.35 bits per heavy atom. The Bertz CT molecular complexity index is 579. The van der Waals surface area contributed by atoms with E-state index in [1.807, 2.05) is 0 Å². The Morgan fingerprint density at radius 3 is 2.70 bits per heavy atom. The lowest BCUT2D eigenvalue weighted by Gasteiger charge is -2.30. The van der Waals surface area contributed by atoms with Crippen molar-refractivity contribution < 1.29 is 17.9 Å². The fourth-order valence-electron chi connectivity index (χ4n) is 2.49. The van der Waals surface area contributed by atoms with Crippen molar-refractivity contribution in [1.82, 2.24) is 4.72 Å². The van der Waals surface area contributed by atoms with Crippen molar-refractivity contribution in [2.75, 3.05) is 6.61 Å². The molecule has 2 unspecified atom stereocenters. The van der Waals surface area contributed by atoms with Crippen molar-refractivity contribution in [2.24, 2.45) is 5.92 Å². The second-order valence-corrected chi connectivity index (χ2v) is 7.60. The number of hydrogen-bond acceptors (Lipinski definition) is 3. The zero-order valence-corrected chi connectivity index (χ0v) is 13.3. The van der Waals surface area contributed by atoms with Crippen LogP contribution in [0.2, 0.25) is 0 Å². The first-order chi connectivity index (χ1) is 9.44. The van der Waals surface area contributed by atoms with Crippen LogP contribution >= 0.6 is 15.9 Å². The van der Waals surface area contributed by atoms with Crippen LogP contribution in [0, 0.1) is 11.7 Å². The van der Waals surface area contributed by atoms with Gasteiger partial charge in [0.2, 0.25) is 10.0 Å². The van der Waals surface area contributed by atoms with Gasteiger partial charge in [0.25, 0.3) is 0 Å². The quantitative estimate of drug-likeness (QED) is 0.860. The summed E-state index contributed by atoms with van der Waals surface area (Å²) in [5.41, 5.74) is 0. The summed E-state index contributed by atoms with van der Waals surface area (Å²) in [4.78, 5) is -0.0968. The molecule has 0 aromatic heterocycles. The number of rotatable bonds is 4. The molecule has 0 spiro atoms. The smallest absolute Gasteiger partial charge is 0.240 e. The van der Waals surface area contributed by atoms with E-state index in [2.05, 4.69) is 20.7 Å². The summed E-state index contributed by atoms with van der Waals surface area (Å²) in [5.74, 6) is -0.686. The fraction of sp³-hybridized carbons (Fsp3) is 0.538. The first-order valence-electron chi connectivity index (χ1n) is 6.52. The van der Waals surface area contributed by atoms with Crippen LogP contribution in [-0.2, 0) is 10.0 Å². The van der Waals surface area contributed by atoms with Crippen LogP contribution in [0.15, 0.2) is 27.6 Å². The summed E-state index contributed by atoms with van der Waals surface area (Å²) in [6.45, 7) is -0.0398. The third kappa shape index (κ3) is 3.58. The van der Waals surface area contributed by atoms with Crippen LogP contribution in [0.1, 0.15) is 25.7 Å². The molecule has 2 N–H and O–H groups in total. The van der Waals surface area contributed by atoms with Crippen LogP contribution in [0.3, 0.4) is 0 Å². The topological polar surface area (TPSA) is 66.4 Å². The molecule has 4 nitrogen and oxygen atoms in total. The molecule has 112 valence electrons. The van der Waals surface area contributed by atoms with Crippen molar-refractivity contribution in [3.05, 3.63) is 28.5 Å². The van der Waals surface area contributed by atoms with E-state index in [-0.39, 0.29) is 27.9 Å². The molecule has 1 fully saturated rings. The summed E-state index contributed by atoms with van der Waals surface area (Å²) in [7, 11) is -3.76. The standard InChI is InChI=1S/C13H17BrFNO3S/c14-11-6-5-10(7-12(11)15)20(18,19)16-13-4-2-1-3-9(13)8-17/h5-7,9,13,16-17H,1-4,8H2. The lowest BCUT2D eigenvalue weighted by atomic mass is 9.86. The van der Waals surface area contributed by atoms with Gasteiger partial charge in [-0.3, -0.25) is 0 Å². The van der Waals surface area contributed by atoms with Crippen molar-refractivity contribution in [1.29, 1.82) is 0 Å². The predicted octanol–water partition coefficient (Wildman–Crippen LogP) is 2.42. The average Bonchev–Trinajstić information content (AvgIpc) is 2.42. The largest absolute Gasteiger partial charge is 0.396 e. The summed E-state index contributed by atoms with van der Waals surface area (Å²) < 4.78 is 40.8. The van der Waals surface area contributed by atoms with E-state index in [1.54, 1.807) is 0 Å². The van der Waals surface area contributed by atoms with Crippen LogP contribution in [-0.4, -0.2) is 26.2 Å². The highest BCUT2D eigenvalue weighted by Gasteiger charge is 2.29. The maximum atomic E-state index is 13.5. The number of sulfonamides is 1. The van der Waals surface area contributed by atoms with E-state index in [1.165, 1.54) is 12.1 Å². The van der Waals surface area contributed by atoms with Gasteiger partial charge in [0.1, 0.15) is 5.82 Å². The van der Waals surface area contributed by atoms with Gasteiger partial charge in [-0.2, -0.15) is 0 Å². The summed E-state index contributed by atoms with van der Waals surface area (Å²) in [6, 6.07) is 3.43. The Balaban J connectivity index is 2.19. The normalized spacial score (nSPS) is 23.8. The van der Waals surface area contributed by atoms with Crippen molar-refractivity contribution in [3.8, 4) is 0 Å². The summed E-state index contributed by atoms with van der Waals surface area (Å²) in [6.07, 6.45) is 3.43. The van der Waals surface area contributed by atoms with Crippen molar-refractivity contribution in [3.63, 3.8) is 0 Å². The van der Waals surface area contributed by atoms with Gasteiger partial charge in [0.05, 0.1) is 9.37 Å². The van der Waals surface area contributed by atoms with Gasteiger partial charge in [0, 0.05) is 12.6 Å². The highest BCUT2D eigenvalue weighted by Crippen LogP contribution is 2.26. The van der Waals surface area contributed by atoms with Gasteiger partial charge in [-0.25, -0.2) is 17.5 Å². The molecule has 1 aromatic rings. The molecular weight excluding hydrogens is 349 g/mol. The Hall–Kier alpha value is -0.500. The average molecular weight is 366 g/mol.